The topological polar surface area (TPSA) is 74.9 Å². The van der Waals surface area contributed by atoms with Crippen LogP contribution >= 0.6 is 23.2 Å². The van der Waals surface area contributed by atoms with Gasteiger partial charge in [-0.05, 0) is 55.9 Å². The molecule has 6 nitrogen and oxygen atoms in total. The molecule has 35 heavy (non-hydrogen) atoms. The number of rotatable bonds is 5. The van der Waals surface area contributed by atoms with Crippen LogP contribution in [-0.2, 0) is 0 Å². The number of anilines is 1. The quantitative estimate of drug-likeness (QED) is 0.425. The SMILES string of the molecule is O=C(O)c1cn(C2CC2)c2c(Cl)c(N3CCCC[C@@H](/N=C/c4ccc(Cl)cc4)C3)c(F)cc2c1=O. The van der Waals surface area contributed by atoms with Crippen molar-refractivity contribution in [1.82, 2.24) is 4.57 Å². The van der Waals surface area contributed by atoms with E-state index in [1.54, 1.807) is 10.8 Å². The van der Waals surface area contributed by atoms with E-state index in [9.17, 15) is 14.7 Å². The van der Waals surface area contributed by atoms with E-state index in [2.05, 4.69) is 0 Å². The molecule has 0 unspecified atom stereocenters. The lowest BCUT2D eigenvalue weighted by atomic mass is 10.1. The summed E-state index contributed by atoms with van der Waals surface area (Å²) >= 11 is 12.8. The van der Waals surface area contributed by atoms with Crippen LogP contribution in [0.2, 0.25) is 10.0 Å². The van der Waals surface area contributed by atoms with E-state index in [4.69, 9.17) is 28.2 Å². The number of fused-ring (bicyclic) bond motifs is 1. The fraction of sp³-hybridized carbons (Fsp3) is 0.346. The van der Waals surface area contributed by atoms with Crippen LogP contribution in [-0.4, -0.2) is 41.0 Å². The summed E-state index contributed by atoms with van der Waals surface area (Å²) in [5.74, 6) is -1.97. The average Bonchev–Trinajstić information content (AvgIpc) is 3.67. The van der Waals surface area contributed by atoms with Crippen LogP contribution in [0, 0.1) is 5.82 Å². The second-order valence-corrected chi connectivity index (χ2v) is 9.97. The number of hydrogen-bond donors (Lipinski definition) is 1. The third-order valence-electron chi connectivity index (χ3n) is 6.62. The lowest BCUT2D eigenvalue weighted by Crippen LogP contribution is -2.31. The maximum Gasteiger partial charge on any atom is 0.341 e. The standard InChI is InChI=1S/C26H24Cl2FN3O3/c27-16-6-4-15(5-7-16)12-30-17-3-1-2-10-31(13-17)24-21(29)11-19-23(22(24)28)32(18-8-9-18)14-20(25(19)33)26(34)35/h4-7,11-12,14,17-18H,1-3,8-10,13H2,(H,34,35)/b30-12+/t17-/m1/s1. The summed E-state index contributed by atoms with van der Waals surface area (Å²) in [5.41, 5.74) is 0.468. The van der Waals surface area contributed by atoms with Crippen molar-refractivity contribution in [3.05, 3.63) is 73.7 Å². The molecule has 0 radical (unpaired) electrons. The summed E-state index contributed by atoms with van der Waals surface area (Å²) in [5, 5.41) is 10.3. The summed E-state index contributed by atoms with van der Waals surface area (Å²) in [7, 11) is 0. The fourth-order valence-electron chi connectivity index (χ4n) is 4.70. The Morgan fingerprint density at radius 2 is 1.89 bits per heavy atom. The van der Waals surface area contributed by atoms with Crippen molar-refractivity contribution in [2.24, 2.45) is 4.99 Å². The molecule has 1 saturated carbocycles. The highest BCUT2D eigenvalue weighted by atomic mass is 35.5. The Morgan fingerprint density at radius 1 is 1.14 bits per heavy atom. The van der Waals surface area contributed by atoms with Gasteiger partial charge < -0.3 is 14.6 Å². The lowest BCUT2D eigenvalue weighted by molar-refractivity contribution is 0.0695. The summed E-state index contributed by atoms with van der Waals surface area (Å²) in [4.78, 5) is 31.1. The average molecular weight is 516 g/mol. The van der Waals surface area contributed by atoms with Gasteiger partial charge in [-0.15, -0.1) is 0 Å². The number of carboxylic acids is 1. The Balaban J connectivity index is 1.54. The third kappa shape index (κ3) is 4.80. The first kappa shape index (κ1) is 23.8. The summed E-state index contributed by atoms with van der Waals surface area (Å²) in [6.45, 7) is 1.09. The van der Waals surface area contributed by atoms with Gasteiger partial charge in [-0.25, -0.2) is 9.18 Å². The predicted molar refractivity (Wildman–Crippen MR) is 137 cm³/mol. The lowest BCUT2D eigenvalue weighted by Gasteiger charge is -2.27. The Labute approximate surface area is 211 Å². The van der Waals surface area contributed by atoms with Crippen molar-refractivity contribution < 1.29 is 14.3 Å². The van der Waals surface area contributed by atoms with Gasteiger partial charge in [0.15, 0.2) is 0 Å². The normalized spacial score (nSPS) is 18.8. The van der Waals surface area contributed by atoms with E-state index in [0.717, 1.165) is 43.7 Å². The van der Waals surface area contributed by atoms with Gasteiger partial charge in [0.25, 0.3) is 0 Å². The molecule has 1 aromatic heterocycles. The molecule has 1 saturated heterocycles. The van der Waals surface area contributed by atoms with Crippen LogP contribution in [0.15, 0.2) is 46.3 Å². The molecule has 1 atom stereocenters. The van der Waals surface area contributed by atoms with Crippen molar-refractivity contribution >= 4 is 52.0 Å². The predicted octanol–water partition coefficient (Wildman–Crippen LogP) is 5.96. The first-order valence-corrected chi connectivity index (χ1v) is 12.4. The van der Waals surface area contributed by atoms with Crippen LogP contribution in [0.25, 0.3) is 10.9 Å². The summed E-state index contributed by atoms with van der Waals surface area (Å²) < 4.78 is 17.2. The number of hydrogen-bond acceptors (Lipinski definition) is 4. The maximum absolute atomic E-state index is 15.5. The van der Waals surface area contributed by atoms with Gasteiger partial charge in [0.2, 0.25) is 5.43 Å². The monoisotopic (exact) mass is 515 g/mol. The van der Waals surface area contributed by atoms with E-state index in [1.165, 1.54) is 6.20 Å². The number of aliphatic imine (C=N–C) groups is 1. The zero-order chi connectivity index (χ0) is 24.7. The zero-order valence-electron chi connectivity index (χ0n) is 18.9. The minimum Gasteiger partial charge on any atom is -0.477 e. The highest BCUT2D eigenvalue weighted by molar-refractivity contribution is 6.38. The third-order valence-corrected chi connectivity index (χ3v) is 7.23. The van der Waals surface area contributed by atoms with Gasteiger partial charge >= 0.3 is 5.97 Å². The Hall–Kier alpha value is -2.90. The van der Waals surface area contributed by atoms with Crippen LogP contribution in [0.1, 0.15) is 54.1 Å². The van der Waals surface area contributed by atoms with Crippen molar-refractivity contribution in [2.45, 2.75) is 44.2 Å². The Morgan fingerprint density at radius 3 is 2.57 bits per heavy atom. The molecule has 2 heterocycles. The minimum absolute atomic E-state index is 0.00446. The molecule has 2 aromatic carbocycles. The fourth-order valence-corrected chi connectivity index (χ4v) is 5.23. The number of nitrogens with zero attached hydrogens (tertiary/aromatic N) is 3. The highest BCUT2D eigenvalue weighted by Crippen LogP contribution is 2.42. The molecule has 1 aliphatic carbocycles. The molecule has 182 valence electrons. The second kappa shape index (κ2) is 9.63. The van der Waals surface area contributed by atoms with Gasteiger partial charge in [-0.3, -0.25) is 9.79 Å². The van der Waals surface area contributed by atoms with Crippen molar-refractivity contribution in [3.63, 3.8) is 0 Å². The molecule has 2 aliphatic rings. The molecular formula is C26H24Cl2FN3O3. The van der Waals surface area contributed by atoms with E-state index < -0.39 is 17.2 Å². The number of pyridine rings is 1. The molecule has 0 spiro atoms. The largest absolute Gasteiger partial charge is 0.477 e. The number of halogens is 3. The first-order chi connectivity index (χ1) is 16.8. The Bertz CT molecular complexity index is 1380. The highest BCUT2D eigenvalue weighted by Gasteiger charge is 2.31. The number of benzene rings is 2. The molecule has 0 bridgehead atoms. The van der Waals surface area contributed by atoms with Gasteiger partial charge in [0.1, 0.15) is 11.4 Å². The molecule has 1 N–H and O–H groups in total. The molecular weight excluding hydrogens is 492 g/mol. The smallest absolute Gasteiger partial charge is 0.341 e. The molecule has 9 heteroatoms. The second-order valence-electron chi connectivity index (χ2n) is 9.16. The van der Waals surface area contributed by atoms with E-state index >= 15 is 4.39 Å². The molecule has 5 rings (SSSR count). The van der Waals surface area contributed by atoms with Gasteiger partial charge in [-0.1, -0.05) is 35.3 Å². The van der Waals surface area contributed by atoms with Crippen molar-refractivity contribution in [1.29, 1.82) is 0 Å². The van der Waals surface area contributed by atoms with Crippen LogP contribution in [0.4, 0.5) is 10.1 Å². The minimum atomic E-state index is -1.33. The molecule has 3 aromatic rings. The molecule has 1 aliphatic heterocycles. The van der Waals surface area contributed by atoms with Crippen LogP contribution < -0.4 is 10.3 Å². The molecule has 0 amide bonds. The number of aromatic carboxylic acids is 1. The van der Waals surface area contributed by atoms with Gasteiger partial charge in [0, 0.05) is 36.6 Å². The summed E-state index contributed by atoms with van der Waals surface area (Å²) in [6.07, 6.45) is 7.52. The van der Waals surface area contributed by atoms with Gasteiger partial charge in [0.05, 0.1) is 27.7 Å². The van der Waals surface area contributed by atoms with Crippen molar-refractivity contribution in [3.8, 4) is 0 Å². The number of carbonyl (C=O) groups is 1. The number of carboxylic acid groups (broad SMARTS) is 1. The number of aromatic nitrogens is 1. The van der Waals surface area contributed by atoms with E-state index in [1.807, 2.05) is 29.2 Å². The zero-order valence-corrected chi connectivity index (χ0v) is 20.4. The van der Waals surface area contributed by atoms with Crippen LogP contribution in [0.3, 0.4) is 0 Å². The Kier molecular flexibility index (Phi) is 6.55. The van der Waals surface area contributed by atoms with E-state index in [-0.39, 0.29) is 33.7 Å². The maximum atomic E-state index is 15.5. The first-order valence-electron chi connectivity index (χ1n) is 11.7. The van der Waals surface area contributed by atoms with Gasteiger partial charge in [-0.2, -0.15) is 0 Å². The van der Waals surface area contributed by atoms with Crippen molar-refractivity contribution in [2.75, 3.05) is 18.0 Å². The van der Waals surface area contributed by atoms with E-state index in [0.29, 0.717) is 23.6 Å². The van der Waals surface area contributed by atoms with Crippen LogP contribution in [0.5, 0.6) is 0 Å². The molecule has 2 fully saturated rings. The summed E-state index contributed by atoms with van der Waals surface area (Å²) in [6, 6.07) is 8.53.